The van der Waals surface area contributed by atoms with Crippen molar-refractivity contribution in [3.63, 3.8) is 0 Å². The predicted octanol–water partition coefficient (Wildman–Crippen LogP) is 2.13. The third-order valence-electron chi connectivity index (χ3n) is 3.21. The van der Waals surface area contributed by atoms with Gasteiger partial charge >= 0.3 is 5.97 Å². The Balaban J connectivity index is 2.06. The first-order valence-corrected chi connectivity index (χ1v) is 4.79. The third-order valence-corrected chi connectivity index (χ3v) is 3.21. The number of rotatable bonds is 1. The topological polar surface area (TPSA) is 37.3 Å². The van der Waals surface area contributed by atoms with Gasteiger partial charge in [-0.25, -0.2) is 0 Å². The number of benzene rings is 1. The molecule has 2 heteroatoms. The van der Waals surface area contributed by atoms with Crippen molar-refractivity contribution in [3.8, 4) is 0 Å². The molecule has 0 spiro atoms. The van der Waals surface area contributed by atoms with Gasteiger partial charge in [0, 0.05) is 5.92 Å². The lowest BCUT2D eigenvalue weighted by Gasteiger charge is -2.07. The number of carboxylic acid groups (broad SMARTS) is 1. The summed E-state index contributed by atoms with van der Waals surface area (Å²) >= 11 is 0. The minimum Gasteiger partial charge on any atom is -0.481 e. The van der Waals surface area contributed by atoms with E-state index in [1.807, 2.05) is 36.4 Å². The smallest absolute Gasteiger partial charge is 0.307 e. The largest absolute Gasteiger partial charge is 0.481 e. The molecule has 1 N–H and O–H groups in total. The van der Waals surface area contributed by atoms with Gasteiger partial charge in [0.05, 0.1) is 5.92 Å². The summed E-state index contributed by atoms with van der Waals surface area (Å²) in [5.74, 6) is -0.382. The molecule has 0 unspecified atom stereocenters. The highest BCUT2D eigenvalue weighted by atomic mass is 16.4. The quantitative estimate of drug-likeness (QED) is 0.729. The van der Waals surface area contributed by atoms with Gasteiger partial charge in [-0.3, -0.25) is 4.79 Å². The average molecular weight is 186 g/mol. The van der Waals surface area contributed by atoms with Gasteiger partial charge < -0.3 is 5.11 Å². The van der Waals surface area contributed by atoms with Crippen LogP contribution in [0.5, 0.6) is 0 Å². The molecule has 2 aliphatic carbocycles. The molecular weight excluding hydrogens is 176 g/mol. The van der Waals surface area contributed by atoms with Crippen LogP contribution in [0.15, 0.2) is 30.3 Å². The lowest BCUT2D eigenvalue weighted by atomic mass is 9.97. The zero-order valence-electron chi connectivity index (χ0n) is 7.55. The SMILES string of the molecule is O=C(O)[C@H]1[C@@H]2C=Cc3ccccc3[C@@H]21. The molecule has 3 atom stereocenters. The molecule has 2 aliphatic rings. The van der Waals surface area contributed by atoms with Crippen molar-refractivity contribution in [3.05, 3.63) is 41.5 Å². The number of hydrogen-bond acceptors (Lipinski definition) is 1. The van der Waals surface area contributed by atoms with E-state index in [0.717, 1.165) is 0 Å². The molecule has 0 aliphatic heterocycles. The minimum absolute atomic E-state index is 0.185. The van der Waals surface area contributed by atoms with E-state index in [4.69, 9.17) is 5.11 Å². The lowest BCUT2D eigenvalue weighted by Crippen LogP contribution is -1.99. The molecular formula is C12H10O2. The molecule has 0 amide bonds. The van der Waals surface area contributed by atoms with Gasteiger partial charge in [-0.1, -0.05) is 36.4 Å². The Morgan fingerprint density at radius 2 is 2.07 bits per heavy atom. The molecule has 0 aromatic heterocycles. The second kappa shape index (κ2) is 2.47. The van der Waals surface area contributed by atoms with E-state index in [1.165, 1.54) is 11.1 Å². The number of fused-ring (bicyclic) bond motifs is 3. The normalized spacial score (nSPS) is 31.9. The Morgan fingerprint density at radius 3 is 2.86 bits per heavy atom. The number of aliphatic carboxylic acids is 1. The van der Waals surface area contributed by atoms with Crippen molar-refractivity contribution < 1.29 is 9.90 Å². The van der Waals surface area contributed by atoms with Crippen molar-refractivity contribution in [2.45, 2.75) is 5.92 Å². The van der Waals surface area contributed by atoms with Crippen molar-refractivity contribution in [2.75, 3.05) is 0 Å². The van der Waals surface area contributed by atoms with Crippen LogP contribution in [0.3, 0.4) is 0 Å². The number of allylic oxidation sites excluding steroid dienone is 1. The highest BCUT2D eigenvalue weighted by molar-refractivity contribution is 5.80. The Kier molecular flexibility index (Phi) is 1.38. The van der Waals surface area contributed by atoms with Gasteiger partial charge in [-0.2, -0.15) is 0 Å². The van der Waals surface area contributed by atoms with E-state index in [2.05, 4.69) is 0 Å². The molecule has 0 saturated heterocycles. The minimum atomic E-state index is -0.665. The van der Waals surface area contributed by atoms with Crippen LogP contribution in [0.1, 0.15) is 17.0 Å². The summed E-state index contributed by atoms with van der Waals surface area (Å²) in [4.78, 5) is 10.9. The number of carboxylic acids is 1. The molecule has 14 heavy (non-hydrogen) atoms. The molecule has 0 heterocycles. The first-order valence-electron chi connectivity index (χ1n) is 4.79. The molecule has 3 rings (SSSR count). The van der Waals surface area contributed by atoms with Crippen molar-refractivity contribution in [1.82, 2.24) is 0 Å². The Labute approximate surface area is 81.9 Å². The fraction of sp³-hybridized carbons (Fsp3) is 0.250. The third kappa shape index (κ3) is 0.882. The van der Waals surface area contributed by atoms with Crippen LogP contribution < -0.4 is 0 Å². The van der Waals surface area contributed by atoms with E-state index in [-0.39, 0.29) is 17.8 Å². The van der Waals surface area contributed by atoms with Crippen LogP contribution in [0.4, 0.5) is 0 Å². The molecule has 70 valence electrons. The van der Waals surface area contributed by atoms with Gasteiger partial charge in [0.25, 0.3) is 0 Å². The van der Waals surface area contributed by atoms with Crippen LogP contribution in [-0.4, -0.2) is 11.1 Å². The maximum absolute atomic E-state index is 10.9. The molecule has 1 saturated carbocycles. The average Bonchev–Trinajstić information content (AvgIpc) is 2.92. The summed E-state index contributed by atoms with van der Waals surface area (Å²) in [5.41, 5.74) is 2.38. The zero-order chi connectivity index (χ0) is 9.71. The summed E-state index contributed by atoms with van der Waals surface area (Å²) in [7, 11) is 0. The monoisotopic (exact) mass is 186 g/mol. The van der Waals surface area contributed by atoms with Crippen LogP contribution in [0, 0.1) is 11.8 Å². The summed E-state index contributed by atoms with van der Waals surface area (Å²) in [5, 5.41) is 8.98. The summed E-state index contributed by atoms with van der Waals surface area (Å²) < 4.78 is 0. The van der Waals surface area contributed by atoms with E-state index in [1.54, 1.807) is 0 Å². The molecule has 0 bridgehead atoms. The van der Waals surface area contributed by atoms with Crippen LogP contribution in [0.2, 0.25) is 0 Å². The van der Waals surface area contributed by atoms with Crippen LogP contribution >= 0.6 is 0 Å². The summed E-state index contributed by atoms with van der Waals surface area (Å²) in [6, 6.07) is 8.05. The molecule has 0 radical (unpaired) electrons. The molecule has 1 aromatic carbocycles. The molecule has 1 aromatic rings. The second-order valence-electron chi connectivity index (χ2n) is 3.96. The van der Waals surface area contributed by atoms with Gasteiger partial charge in [0.2, 0.25) is 0 Å². The zero-order valence-corrected chi connectivity index (χ0v) is 7.55. The Hall–Kier alpha value is -1.57. The Morgan fingerprint density at radius 1 is 1.29 bits per heavy atom. The molecule has 1 fully saturated rings. The van der Waals surface area contributed by atoms with Gasteiger partial charge in [0.15, 0.2) is 0 Å². The van der Waals surface area contributed by atoms with Crippen molar-refractivity contribution in [2.24, 2.45) is 11.8 Å². The summed E-state index contributed by atoms with van der Waals surface area (Å²) in [6.45, 7) is 0. The van der Waals surface area contributed by atoms with Gasteiger partial charge in [-0.05, 0) is 17.0 Å². The highest BCUT2D eigenvalue weighted by Gasteiger charge is 2.55. The van der Waals surface area contributed by atoms with Crippen LogP contribution in [-0.2, 0) is 4.79 Å². The first-order chi connectivity index (χ1) is 6.79. The molecule has 2 nitrogen and oxygen atoms in total. The van der Waals surface area contributed by atoms with Gasteiger partial charge in [0.1, 0.15) is 0 Å². The van der Waals surface area contributed by atoms with Crippen molar-refractivity contribution >= 4 is 12.0 Å². The van der Waals surface area contributed by atoms with E-state index >= 15 is 0 Å². The van der Waals surface area contributed by atoms with Crippen LogP contribution in [0.25, 0.3) is 6.08 Å². The first kappa shape index (κ1) is 7.80. The van der Waals surface area contributed by atoms with Gasteiger partial charge in [-0.15, -0.1) is 0 Å². The van der Waals surface area contributed by atoms with E-state index in [0.29, 0.717) is 0 Å². The maximum Gasteiger partial charge on any atom is 0.307 e. The standard InChI is InChI=1S/C12H10O2/c13-12(14)11-9-6-5-7-3-1-2-4-8(7)10(9)11/h1-6,9-11H,(H,13,14)/t9-,10+,11+/m1/s1. The fourth-order valence-electron chi connectivity index (χ4n) is 2.47. The Bertz CT molecular complexity index is 434. The van der Waals surface area contributed by atoms with Crippen molar-refractivity contribution in [1.29, 1.82) is 0 Å². The van der Waals surface area contributed by atoms with E-state index < -0.39 is 5.97 Å². The lowest BCUT2D eigenvalue weighted by molar-refractivity contribution is -0.138. The number of hydrogen-bond donors (Lipinski definition) is 1. The predicted molar refractivity (Wildman–Crippen MR) is 52.8 cm³/mol. The fourth-order valence-corrected chi connectivity index (χ4v) is 2.47. The highest BCUT2D eigenvalue weighted by Crippen LogP contribution is 2.58. The van der Waals surface area contributed by atoms with E-state index in [9.17, 15) is 4.79 Å². The summed E-state index contributed by atoms with van der Waals surface area (Å²) in [6.07, 6.45) is 4.07. The maximum atomic E-state index is 10.9. The second-order valence-corrected chi connectivity index (χ2v) is 3.96. The number of carbonyl (C=O) groups is 1.